The minimum Gasteiger partial charge on any atom is -0.330 e. The van der Waals surface area contributed by atoms with Crippen molar-refractivity contribution < 1.29 is 8.78 Å². The van der Waals surface area contributed by atoms with Crippen molar-refractivity contribution >= 4 is 0 Å². The second-order valence-electron chi connectivity index (χ2n) is 5.66. The molecule has 0 heterocycles. The van der Waals surface area contributed by atoms with E-state index in [1.54, 1.807) is 0 Å². The fraction of sp³-hybridized carbons (Fsp3) is 0.538. The molecule has 0 bridgehead atoms. The molecule has 0 amide bonds. The molecule has 0 aromatic heterocycles. The predicted octanol–water partition coefficient (Wildman–Crippen LogP) is 2.98. The first kappa shape index (κ1) is 11.5. The molecule has 1 aromatic carbocycles. The van der Waals surface area contributed by atoms with Gasteiger partial charge >= 0.3 is 0 Å². The number of halogens is 2. The fourth-order valence-corrected chi connectivity index (χ4v) is 3.11. The van der Waals surface area contributed by atoms with E-state index in [0.29, 0.717) is 12.1 Å². The molecule has 2 rings (SSSR count). The van der Waals surface area contributed by atoms with Crippen LogP contribution in [0.2, 0.25) is 0 Å². The quantitative estimate of drug-likeness (QED) is 0.822. The highest BCUT2D eigenvalue weighted by molar-refractivity contribution is 5.31. The van der Waals surface area contributed by atoms with E-state index >= 15 is 0 Å². The van der Waals surface area contributed by atoms with Crippen LogP contribution in [0.5, 0.6) is 0 Å². The summed E-state index contributed by atoms with van der Waals surface area (Å²) in [6.07, 6.45) is 1.78. The molecule has 1 fully saturated rings. The van der Waals surface area contributed by atoms with Gasteiger partial charge in [0.1, 0.15) is 11.6 Å². The van der Waals surface area contributed by atoms with Gasteiger partial charge in [-0.2, -0.15) is 0 Å². The summed E-state index contributed by atoms with van der Waals surface area (Å²) in [4.78, 5) is 0. The minimum atomic E-state index is -0.521. The summed E-state index contributed by atoms with van der Waals surface area (Å²) in [7, 11) is 0. The number of rotatable bonds is 2. The summed E-state index contributed by atoms with van der Waals surface area (Å²) in [5, 5.41) is 0. The van der Waals surface area contributed by atoms with Crippen molar-refractivity contribution in [2.75, 3.05) is 6.54 Å². The molecule has 2 N–H and O–H groups in total. The van der Waals surface area contributed by atoms with Crippen LogP contribution in [-0.4, -0.2) is 6.54 Å². The molecular weight excluding hydrogens is 208 g/mol. The van der Waals surface area contributed by atoms with Gasteiger partial charge in [0, 0.05) is 18.0 Å². The van der Waals surface area contributed by atoms with Crippen molar-refractivity contribution in [2.24, 2.45) is 11.1 Å². The van der Waals surface area contributed by atoms with Crippen LogP contribution in [0.4, 0.5) is 8.78 Å². The molecule has 0 atom stereocenters. The lowest BCUT2D eigenvalue weighted by atomic mass is 9.52. The Morgan fingerprint density at radius 2 is 1.62 bits per heavy atom. The SMILES string of the molecule is CC1(C)CC(CN)(c2cc(F)cc(F)c2)C1. The zero-order valence-electron chi connectivity index (χ0n) is 9.69. The highest BCUT2D eigenvalue weighted by Gasteiger charge is 2.49. The highest BCUT2D eigenvalue weighted by atomic mass is 19.1. The molecule has 0 spiro atoms. The molecule has 1 nitrogen and oxygen atoms in total. The third-order valence-electron chi connectivity index (χ3n) is 3.50. The third-order valence-corrected chi connectivity index (χ3v) is 3.50. The number of nitrogens with two attached hydrogens (primary N) is 1. The van der Waals surface area contributed by atoms with E-state index < -0.39 is 11.6 Å². The first-order valence-electron chi connectivity index (χ1n) is 5.54. The summed E-state index contributed by atoms with van der Waals surface area (Å²) < 4.78 is 26.3. The second-order valence-corrected chi connectivity index (χ2v) is 5.66. The van der Waals surface area contributed by atoms with Gasteiger partial charge in [0.25, 0.3) is 0 Å². The molecule has 0 radical (unpaired) electrons. The average molecular weight is 225 g/mol. The Balaban J connectivity index is 2.35. The Morgan fingerprint density at radius 3 is 2.00 bits per heavy atom. The number of benzene rings is 1. The molecule has 3 heteroatoms. The molecule has 1 saturated carbocycles. The van der Waals surface area contributed by atoms with E-state index in [4.69, 9.17) is 5.73 Å². The Morgan fingerprint density at radius 1 is 1.12 bits per heavy atom. The van der Waals surface area contributed by atoms with Crippen molar-refractivity contribution in [2.45, 2.75) is 32.1 Å². The largest absolute Gasteiger partial charge is 0.330 e. The predicted molar refractivity (Wildman–Crippen MR) is 60.1 cm³/mol. The van der Waals surface area contributed by atoms with Gasteiger partial charge in [0.05, 0.1) is 0 Å². The van der Waals surface area contributed by atoms with Crippen LogP contribution < -0.4 is 5.73 Å². The molecule has 1 aromatic rings. The van der Waals surface area contributed by atoms with E-state index in [2.05, 4.69) is 13.8 Å². The zero-order chi connectivity index (χ0) is 12.0. The molecule has 88 valence electrons. The summed E-state index contributed by atoms with van der Waals surface area (Å²) in [6.45, 7) is 4.74. The molecule has 1 aliphatic rings. The molecular formula is C13H17F2N. The van der Waals surface area contributed by atoms with Crippen LogP contribution in [0.15, 0.2) is 18.2 Å². The van der Waals surface area contributed by atoms with E-state index in [9.17, 15) is 8.78 Å². The third kappa shape index (κ3) is 1.84. The summed E-state index contributed by atoms with van der Waals surface area (Å²) in [6, 6.07) is 3.72. The number of hydrogen-bond acceptors (Lipinski definition) is 1. The first-order chi connectivity index (χ1) is 7.37. The van der Waals surface area contributed by atoms with E-state index in [0.717, 1.165) is 18.9 Å². The standard InChI is InChI=1S/C13H17F2N/c1-12(2)6-13(7-12,8-16)9-3-10(14)5-11(15)4-9/h3-5H,6-8,16H2,1-2H3. The maximum atomic E-state index is 13.2. The summed E-state index contributed by atoms with van der Waals surface area (Å²) in [5.74, 6) is -1.04. The molecule has 0 unspecified atom stereocenters. The zero-order valence-corrected chi connectivity index (χ0v) is 9.69. The normalized spacial score (nSPS) is 21.6. The molecule has 16 heavy (non-hydrogen) atoms. The van der Waals surface area contributed by atoms with Crippen LogP contribution in [-0.2, 0) is 5.41 Å². The maximum absolute atomic E-state index is 13.2. The van der Waals surface area contributed by atoms with Gasteiger partial charge in [-0.05, 0) is 36.0 Å². The van der Waals surface area contributed by atoms with Crippen molar-refractivity contribution in [3.05, 3.63) is 35.4 Å². The number of hydrogen-bond donors (Lipinski definition) is 1. The Kier molecular flexibility index (Phi) is 2.54. The lowest BCUT2D eigenvalue weighted by molar-refractivity contribution is 0.0629. The van der Waals surface area contributed by atoms with Crippen LogP contribution in [0, 0.1) is 17.0 Å². The average Bonchev–Trinajstić information content (AvgIpc) is 2.11. The maximum Gasteiger partial charge on any atom is 0.126 e. The Hall–Kier alpha value is -0.960. The topological polar surface area (TPSA) is 26.0 Å². The van der Waals surface area contributed by atoms with Crippen molar-refractivity contribution in [1.29, 1.82) is 0 Å². The van der Waals surface area contributed by atoms with Crippen molar-refractivity contribution in [3.8, 4) is 0 Å². The summed E-state index contributed by atoms with van der Waals surface area (Å²) in [5.41, 5.74) is 6.47. The van der Waals surface area contributed by atoms with Gasteiger partial charge in [0.2, 0.25) is 0 Å². The molecule has 0 aliphatic heterocycles. The van der Waals surface area contributed by atoms with Gasteiger partial charge in [-0.1, -0.05) is 13.8 Å². The van der Waals surface area contributed by atoms with Crippen LogP contribution in [0.1, 0.15) is 32.3 Å². The van der Waals surface area contributed by atoms with Crippen LogP contribution >= 0.6 is 0 Å². The van der Waals surface area contributed by atoms with E-state index in [-0.39, 0.29) is 10.8 Å². The van der Waals surface area contributed by atoms with Gasteiger partial charge < -0.3 is 5.73 Å². The Bertz CT molecular complexity index is 384. The van der Waals surface area contributed by atoms with E-state index in [1.807, 2.05) is 0 Å². The highest BCUT2D eigenvalue weighted by Crippen LogP contribution is 2.54. The van der Waals surface area contributed by atoms with Crippen LogP contribution in [0.3, 0.4) is 0 Å². The molecule has 1 aliphatic carbocycles. The minimum absolute atomic E-state index is 0.224. The fourth-order valence-electron chi connectivity index (χ4n) is 3.11. The second kappa shape index (κ2) is 3.52. The van der Waals surface area contributed by atoms with Crippen molar-refractivity contribution in [1.82, 2.24) is 0 Å². The van der Waals surface area contributed by atoms with Crippen LogP contribution in [0.25, 0.3) is 0 Å². The summed E-state index contributed by atoms with van der Waals surface area (Å²) >= 11 is 0. The van der Waals surface area contributed by atoms with E-state index in [1.165, 1.54) is 12.1 Å². The monoisotopic (exact) mass is 225 g/mol. The van der Waals surface area contributed by atoms with Gasteiger partial charge in [-0.15, -0.1) is 0 Å². The van der Waals surface area contributed by atoms with Gasteiger partial charge in [0.15, 0.2) is 0 Å². The lowest BCUT2D eigenvalue weighted by Crippen LogP contribution is -2.51. The van der Waals surface area contributed by atoms with Crippen molar-refractivity contribution in [3.63, 3.8) is 0 Å². The first-order valence-corrected chi connectivity index (χ1v) is 5.54. The smallest absolute Gasteiger partial charge is 0.126 e. The van der Waals surface area contributed by atoms with Gasteiger partial charge in [-0.3, -0.25) is 0 Å². The lowest BCUT2D eigenvalue weighted by Gasteiger charge is -2.53. The Labute approximate surface area is 94.7 Å². The molecule has 0 saturated heterocycles. The van der Waals surface area contributed by atoms with Gasteiger partial charge in [-0.25, -0.2) is 8.78 Å².